The number of nitrogens with zero attached hydrogens (tertiary/aromatic N) is 1. The number of halogens is 1. The van der Waals surface area contributed by atoms with Crippen molar-refractivity contribution < 1.29 is 23.7 Å². The van der Waals surface area contributed by atoms with Crippen molar-refractivity contribution in [3.8, 4) is 0 Å². The summed E-state index contributed by atoms with van der Waals surface area (Å²) in [5, 5.41) is 20.9. The fraction of sp³-hybridized carbons (Fsp3) is 0.750. The molecule has 0 aliphatic rings. The highest BCUT2D eigenvalue weighted by molar-refractivity contribution is 5.24. The van der Waals surface area contributed by atoms with Gasteiger partial charge in [0.2, 0.25) is 0 Å². The van der Waals surface area contributed by atoms with Gasteiger partial charge in [0, 0.05) is 6.42 Å². The second kappa shape index (κ2) is 7.27. The molecule has 0 amide bonds. The third kappa shape index (κ3) is 7.27. The molecule has 0 radical (unpaired) electrons. The highest BCUT2D eigenvalue weighted by atomic mass is 35.5. The zero-order valence-corrected chi connectivity index (χ0v) is 5.81. The molecule has 0 aliphatic heterocycles. The van der Waals surface area contributed by atoms with Crippen molar-refractivity contribution in [1.29, 1.82) is 0 Å². The van der Waals surface area contributed by atoms with Gasteiger partial charge in [-0.25, -0.2) is 0 Å². The summed E-state index contributed by atoms with van der Waals surface area (Å²) in [5.41, 5.74) is 0. The predicted molar refractivity (Wildman–Crippen MR) is 29.2 cm³/mol. The first-order chi connectivity index (χ1) is 3.81. The van der Waals surface area contributed by atoms with Gasteiger partial charge in [-0.3, -0.25) is 0 Å². The Morgan fingerprint density at radius 1 is 1.78 bits per heavy atom. The summed E-state index contributed by atoms with van der Waals surface area (Å²) >= 11 is 0. The van der Waals surface area contributed by atoms with E-state index < -0.39 is 0 Å². The molecule has 0 fully saturated rings. The molecule has 0 aromatic rings. The quantitative estimate of drug-likeness (QED) is 0.189. The summed E-state index contributed by atoms with van der Waals surface area (Å²) in [6.45, 7) is 2.16. The van der Waals surface area contributed by atoms with Crippen LogP contribution in [0.4, 0.5) is 0 Å². The van der Waals surface area contributed by atoms with E-state index in [1.54, 1.807) is 0 Å². The summed E-state index contributed by atoms with van der Waals surface area (Å²) in [6, 6.07) is 1.82. The molecule has 54 valence electrons. The maximum Gasteiger partial charge on any atom is 1.00 e. The van der Waals surface area contributed by atoms with E-state index in [0.29, 0.717) is 11.3 Å². The number of hydroxylamine groups is 1. The normalized spacial score (nSPS) is 6.78. The molecule has 9 heavy (non-hydrogen) atoms. The molecular formula is C4H9ClN2O2. The molecule has 0 saturated heterocycles. The Morgan fingerprint density at radius 2 is 2.33 bits per heavy atom. The molecule has 4 nitrogen and oxygen atoms in total. The summed E-state index contributed by atoms with van der Waals surface area (Å²) in [5.74, 6) is 0. The molecule has 0 rings (SSSR count). The zero-order valence-electron chi connectivity index (χ0n) is 6.06. The van der Waals surface area contributed by atoms with Gasteiger partial charge in [0.25, 0.3) is 0 Å². The van der Waals surface area contributed by atoms with E-state index in [1.165, 1.54) is 5.16 Å². The van der Waals surface area contributed by atoms with Crippen LogP contribution in [0.3, 0.4) is 0 Å². The van der Waals surface area contributed by atoms with E-state index in [-0.39, 0.29) is 13.8 Å². The van der Waals surface area contributed by atoms with E-state index >= 15 is 0 Å². The van der Waals surface area contributed by atoms with Crippen LogP contribution in [-0.2, 0) is 0 Å². The summed E-state index contributed by atoms with van der Waals surface area (Å²) in [7, 11) is 0. The van der Waals surface area contributed by atoms with Gasteiger partial charge < -0.3 is 22.8 Å². The van der Waals surface area contributed by atoms with Gasteiger partial charge >= 0.3 is 7.44 Å². The molecule has 0 saturated carbocycles. The minimum absolute atomic E-state index is 0. The van der Waals surface area contributed by atoms with Crippen molar-refractivity contribution >= 4 is 6.01 Å². The van der Waals surface area contributed by atoms with E-state index in [9.17, 15) is 10.4 Å². The maximum atomic E-state index is 10.2. The van der Waals surface area contributed by atoms with Crippen LogP contribution in [0.5, 0.6) is 0 Å². The molecule has 0 aromatic heterocycles. The van der Waals surface area contributed by atoms with Crippen molar-refractivity contribution in [2.75, 3.05) is 6.54 Å². The SMILES string of the molecule is CCC[N+]([O-])=C=[NH+][O-].[Cl-].[H+]. The number of nitrogens with one attached hydrogen (secondary N) is 1. The predicted octanol–water partition coefficient (Wildman–Crippen LogP) is -4.22. The van der Waals surface area contributed by atoms with Crippen molar-refractivity contribution in [2.45, 2.75) is 13.3 Å². The second-order valence-electron chi connectivity index (χ2n) is 1.32. The Bertz CT molecular complexity index is 124. The van der Waals surface area contributed by atoms with Crippen molar-refractivity contribution in [2.24, 2.45) is 0 Å². The molecule has 5 heteroatoms. The average Bonchev–Trinajstić information content (AvgIpc) is 1.68. The van der Waals surface area contributed by atoms with Gasteiger partial charge in [-0.15, -0.1) is 9.89 Å². The van der Waals surface area contributed by atoms with Crippen LogP contribution in [0.25, 0.3) is 0 Å². The first-order valence-corrected chi connectivity index (χ1v) is 2.38. The molecule has 0 aliphatic carbocycles. The lowest BCUT2D eigenvalue weighted by Gasteiger charge is -1.90. The van der Waals surface area contributed by atoms with Gasteiger partial charge in [-0.2, -0.15) is 0 Å². The largest absolute Gasteiger partial charge is 1.00 e. The fourth-order valence-electron chi connectivity index (χ4n) is 0.310. The fourth-order valence-corrected chi connectivity index (χ4v) is 0.310. The van der Waals surface area contributed by atoms with Crippen molar-refractivity contribution in [1.82, 2.24) is 0 Å². The number of hydrogen-bond donors (Lipinski definition) is 1. The van der Waals surface area contributed by atoms with E-state index in [1.807, 2.05) is 12.9 Å². The Hall–Kier alpha value is -0.730. The van der Waals surface area contributed by atoms with Crippen LogP contribution < -0.4 is 17.6 Å². The highest BCUT2D eigenvalue weighted by Gasteiger charge is 1.86. The van der Waals surface area contributed by atoms with Crippen molar-refractivity contribution in [3.63, 3.8) is 0 Å². The first-order valence-electron chi connectivity index (χ1n) is 2.38. The lowest BCUT2D eigenvalue weighted by molar-refractivity contribution is -0.494. The number of hydrogen-bond acceptors (Lipinski definition) is 2. The lowest BCUT2D eigenvalue weighted by atomic mass is 10.5. The molecule has 0 heterocycles. The molecule has 0 unspecified atom stereocenters. The van der Waals surface area contributed by atoms with Crippen LogP contribution in [0.1, 0.15) is 14.8 Å². The van der Waals surface area contributed by atoms with E-state index in [0.717, 1.165) is 6.42 Å². The van der Waals surface area contributed by atoms with Crippen LogP contribution >= 0.6 is 0 Å². The third-order valence-electron chi connectivity index (χ3n) is 0.597. The van der Waals surface area contributed by atoms with E-state index in [2.05, 4.69) is 0 Å². The molecule has 0 aromatic carbocycles. The molecule has 0 spiro atoms. The Morgan fingerprint density at radius 3 is 2.67 bits per heavy atom. The van der Waals surface area contributed by atoms with Gasteiger partial charge in [0.1, 0.15) is 0 Å². The van der Waals surface area contributed by atoms with Gasteiger partial charge in [-0.05, 0) is 0 Å². The zero-order chi connectivity index (χ0) is 6.41. The summed E-state index contributed by atoms with van der Waals surface area (Å²) < 4.78 is 0.438. The van der Waals surface area contributed by atoms with Crippen LogP contribution in [0.2, 0.25) is 0 Å². The lowest BCUT2D eigenvalue weighted by Crippen LogP contribution is -3.00. The average molecular weight is 153 g/mol. The van der Waals surface area contributed by atoms with Crippen molar-refractivity contribution in [3.05, 3.63) is 10.4 Å². The minimum Gasteiger partial charge on any atom is -1.00 e. The maximum absolute atomic E-state index is 10.2. The Balaban J connectivity index is -0.000000245. The van der Waals surface area contributed by atoms with Gasteiger partial charge in [0.15, 0.2) is 6.54 Å². The smallest absolute Gasteiger partial charge is 1.00 e. The van der Waals surface area contributed by atoms with Gasteiger partial charge in [0.05, 0.1) is 0 Å². The number of rotatable bonds is 2. The monoisotopic (exact) mass is 152 g/mol. The van der Waals surface area contributed by atoms with Gasteiger partial charge in [-0.1, -0.05) is 6.92 Å². The molecule has 0 atom stereocenters. The molecule has 0 bridgehead atoms. The van der Waals surface area contributed by atoms with Crippen LogP contribution in [-0.4, -0.2) is 17.3 Å². The standard InChI is InChI=1S/C4H8N2O2.ClH/c1-2-3-6(8)4-5-7;/h5H,2-3H2,1H3;1H. The second-order valence-corrected chi connectivity index (χ2v) is 1.32. The first kappa shape index (κ1) is 11.1. The summed E-state index contributed by atoms with van der Waals surface area (Å²) in [6.07, 6.45) is 0.720. The minimum atomic E-state index is 0. The topological polar surface area (TPSA) is 63.1 Å². The third-order valence-corrected chi connectivity index (χ3v) is 0.597. The Kier molecular flexibility index (Phi) is 8.98. The van der Waals surface area contributed by atoms with Crippen LogP contribution in [0.15, 0.2) is 0 Å². The Labute approximate surface area is 61.0 Å². The molecule has 1 N–H and O–H groups in total. The van der Waals surface area contributed by atoms with Crippen LogP contribution in [0, 0.1) is 10.4 Å². The molecular weight excluding hydrogens is 144 g/mol. The highest BCUT2D eigenvalue weighted by Crippen LogP contribution is 1.72. The summed E-state index contributed by atoms with van der Waals surface area (Å²) in [4.78, 5) is 0. The van der Waals surface area contributed by atoms with E-state index in [4.69, 9.17) is 0 Å².